The van der Waals surface area contributed by atoms with Gasteiger partial charge in [0.25, 0.3) is 0 Å². The molecule has 11 heteroatoms. The largest absolute Gasteiger partial charge is 0.457 e. The van der Waals surface area contributed by atoms with Crippen molar-refractivity contribution in [1.29, 1.82) is 0 Å². The molecule has 4 aromatic carbocycles. The van der Waals surface area contributed by atoms with Gasteiger partial charge in [0.1, 0.15) is 17.2 Å². The summed E-state index contributed by atoms with van der Waals surface area (Å²) in [4.78, 5) is 60.6. The second kappa shape index (κ2) is 15.5. The molecule has 0 saturated heterocycles. The maximum atomic E-state index is 13.1. The van der Waals surface area contributed by atoms with E-state index in [1.54, 1.807) is 42.5 Å². The van der Waals surface area contributed by atoms with Gasteiger partial charge in [0, 0.05) is 18.2 Å². The summed E-state index contributed by atoms with van der Waals surface area (Å²) < 4.78 is 31.6. The monoisotopic (exact) mass is 636 g/mol. The highest BCUT2D eigenvalue weighted by Crippen LogP contribution is 2.31. The van der Waals surface area contributed by atoms with Crippen LogP contribution in [0.15, 0.2) is 111 Å². The Kier molecular flexibility index (Phi) is 11.0. The Bertz CT molecular complexity index is 1900. The summed E-state index contributed by atoms with van der Waals surface area (Å²) in [5.74, 6) is -3.02. The molecule has 0 heterocycles. The molecule has 47 heavy (non-hydrogen) atoms. The fraction of sp³-hybridized carbons (Fsp3) is 0.0833. The smallest absolute Gasteiger partial charge is 0.343 e. The molecule has 238 valence electrons. The summed E-state index contributed by atoms with van der Waals surface area (Å²) in [5.41, 5.74) is 0.893. The number of hydrogen-bond donors (Lipinski definition) is 0. The van der Waals surface area contributed by atoms with Crippen LogP contribution in [0.25, 0.3) is 10.8 Å². The summed E-state index contributed by atoms with van der Waals surface area (Å²) in [6.07, 6.45) is 3.32. The minimum atomic E-state index is -0.836. The maximum Gasteiger partial charge on any atom is 0.343 e. The van der Waals surface area contributed by atoms with Gasteiger partial charge in [-0.25, -0.2) is 24.0 Å². The first kappa shape index (κ1) is 33.4. The second-order valence-electron chi connectivity index (χ2n) is 9.47. The van der Waals surface area contributed by atoms with Crippen LogP contribution in [-0.2, 0) is 25.5 Å². The number of carbonyl (C=O) groups is 5. The molecule has 0 saturated carbocycles. The van der Waals surface area contributed by atoms with Crippen molar-refractivity contribution in [2.45, 2.75) is 13.3 Å². The van der Waals surface area contributed by atoms with E-state index in [-0.39, 0.29) is 35.4 Å². The van der Waals surface area contributed by atoms with E-state index < -0.39 is 29.8 Å². The summed E-state index contributed by atoms with van der Waals surface area (Å²) >= 11 is 0. The third kappa shape index (κ3) is 8.79. The standard InChI is InChI=1S/C36H28O11/c1-5-22-18-28(44-35(40)26-12-15-30(45-33(38)7-3)31(20-26)46-34(39)8-4)14-16-29(22)47-36(41)25-10-9-24-19-27(13-11-23(24)17-25)42-21-43-32(37)6-2/h6-20H,2-5,21H2,1H3. The summed E-state index contributed by atoms with van der Waals surface area (Å²) in [7, 11) is 0. The van der Waals surface area contributed by atoms with E-state index in [1.807, 2.05) is 6.92 Å². The van der Waals surface area contributed by atoms with E-state index in [0.717, 1.165) is 29.0 Å². The van der Waals surface area contributed by atoms with Gasteiger partial charge in [-0.3, -0.25) is 0 Å². The molecule has 0 unspecified atom stereocenters. The van der Waals surface area contributed by atoms with Gasteiger partial charge in [0.05, 0.1) is 11.1 Å². The van der Waals surface area contributed by atoms with Gasteiger partial charge in [-0.15, -0.1) is 0 Å². The van der Waals surface area contributed by atoms with Gasteiger partial charge in [-0.2, -0.15) is 0 Å². The molecule has 11 nitrogen and oxygen atoms in total. The Hall–Kier alpha value is -6.49. The topological polar surface area (TPSA) is 141 Å². The molecule has 0 spiro atoms. The molecule has 0 bridgehead atoms. The fourth-order valence-electron chi connectivity index (χ4n) is 4.07. The second-order valence-corrected chi connectivity index (χ2v) is 9.47. The lowest BCUT2D eigenvalue weighted by Gasteiger charge is -2.13. The number of aryl methyl sites for hydroxylation is 1. The van der Waals surface area contributed by atoms with E-state index in [9.17, 15) is 24.0 Å². The molecule has 4 aromatic rings. The molecule has 0 aromatic heterocycles. The molecule has 0 radical (unpaired) electrons. The predicted molar refractivity (Wildman–Crippen MR) is 170 cm³/mol. The van der Waals surface area contributed by atoms with E-state index in [2.05, 4.69) is 19.7 Å². The lowest BCUT2D eigenvalue weighted by molar-refractivity contribution is -0.144. The number of ether oxygens (including phenoxy) is 6. The Labute approximate surface area is 269 Å². The Balaban J connectivity index is 1.46. The molecule has 0 N–H and O–H groups in total. The van der Waals surface area contributed by atoms with E-state index >= 15 is 0 Å². The number of rotatable bonds is 13. The SMILES string of the molecule is C=CC(=O)OCOc1ccc2cc(C(=O)Oc3ccc(OC(=O)c4ccc(OC(=O)C=C)c(OC(=O)C=C)c4)cc3CC)ccc2c1. The van der Waals surface area contributed by atoms with Gasteiger partial charge in [-0.1, -0.05) is 38.8 Å². The van der Waals surface area contributed by atoms with Gasteiger partial charge in [0.2, 0.25) is 6.79 Å². The highest BCUT2D eigenvalue weighted by atomic mass is 16.7. The van der Waals surface area contributed by atoms with Crippen LogP contribution in [0.1, 0.15) is 33.2 Å². The van der Waals surface area contributed by atoms with Gasteiger partial charge in [0.15, 0.2) is 11.5 Å². The quantitative estimate of drug-likeness (QED) is 0.0729. The number of fused-ring (bicyclic) bond motifs is 1. The maximum absolute atomic E-state index is 13.1. The minimum absolute atomic E-state index is 0.00469. The minimum Gasteiger partial charge on any atom is -0.457 e. The van der Waals surface area contributed by atoms with Gasteiger partial charge < -0.3 is 28.4 Å². The average molecular weight is 637 g/mol. The van der Waals surface area contributed by atoms with E-state index in [1.165, 1.54) is 30.3 Å². The van der Waals surface area contributed by atoms with Crippen molar-refractivity contribution < 1.29 is 52.4 Å². The molecule has 0 atom stereocenters. The van der Waals surface area contributed by atoms with Crippen LogP contribution in [0.4, 0.5) is 0 Å². The normalized spacial score (nSPS) is 10.2. The third-order valence-electron chi connectivity index (χ3n) is 6.40. The van der Waals surface area contributed by atoms with Gasteiger partial charge in [-0.05, 0) is 83.4 Å². The van der Waals surface area contributed by atoms with Crippen LogP contribution in [0.5, 0.6) is 28.7 Å². The molecule has 4 rings (SSSR count). The lowest BCUT2D eigenvalue weighted by atomic mass is 10.1. The molecule has 0 aliphatic heterocycles. The third-order valence-corrected chi connectivity index (χ3v) is 6.40. The fourth-order valence-corrected chi connectivity index (χ4v) is 4.07. The lowest BCUT2D eigenvalue weighted by Crippen LogP contribution is -2.12. The first-order valence-corrected chi connectivity index (χ1v) is 14.0. The van der Waals surface area contributed by atoms with E-state index in [0.29, 0.717) is 23.3 Å². The zero-order valence-electron chi connectivity index (χ0n) is 25.2. The first-order chi connectivity index (χ1) is 22.6. The van der Waals surface area contributed by atoms with Crippen LogP contribution in [0, 0.1) is 0 Å². The van der Waals surface area contributed by atoms with E-state index in [4.69, 9.17) is 28.4 Å². The van der Waals surface area contributed by atoms with Crippen molar-refractivity contribution in [2.75, 3.05) is 6.79 Å². The van der Waals surface area contributed by atoms with Crippen molar-refractivity contribution in [3.8, 4) is 28.7 Å². The average Bonchev–Trinajstić information content (AvgIpc) is 3.08. The van der Waals surface area contributed by atoms with Crippen molar-refractivity contribution >= 4 is 40.6 Å². The summed E-state index contributed by atoms with van der Waals surface area (Å²) in [5, 5.41) is 1.54. The van der Waals surface area contributed by atoms with Crippen LogP contribution in [-0.4, -0.2) is 36.6 Å². The molecular formula is C36H28O11. The molecular weight excluding hydrogens is 608 g/mol. The number of carbonyl (C=O) groups excluding carboxylic acids is 5. The predicted octanol–water partition coefficient (Wildman–Crippen LogP) is 6.09. The Morgan fingerprint density at radius 1 is 0.574 bits per heavy atom. The van der Waals surface area contributed by atoms with Crippen LogP contribution >= 0.6 is 0 Å². The van der Waals surface area contributed by atoms with Crippen molar-refractivity contribution in [1.82, 2.24) is 0 Å². The molecule has 0 aliphatic rings. The van der Waals surface area contributed by atoms with Crippen LogP contribution in [0.3, 0.4) is 0 Å². The zero-order valence-corrected chi connectivity index (χ0v) is 25.2. The highest BCUT2D eigenvalue weighted by Gasteiger charge is 2.18. The summed E-state index contributed by atoms with van der Waals surface area (Å²) in [6, 6.07) is 18.5. The zero-order chi connectivity index (χ0) is 33.9. The van der Waals surface area contributed by atoms with Crippen molar-refractivity contribution in [2.24, 2.45) is 0 Å². The molecule has 0 fully saturated rings. The number of benzene rings is 4. The molecule has 0 amide bonds. The van der Waals surface area contributed by atoms with Crippen molar-refractivity contribution in [3.05, 3.63) is 127 Å². The highest BCUT2D eigenvalue weighted by molar-refractivity contribution is 5.97. The number of esters is 5. The summed E-state index contributed by atoms with van der Waals surface area (Å²) in [6.45, 7) is 11.5. The number of hydrogen-bond acceptors (Lipinski definition) is 11. The van der Waals surface area contributed by atoms with Crippen LogP contribution in [0.2, 0.25) is 0 Å². The van der Waals surface area contributed by atoms with Crippen molar-refractivity contribution in [3.63, 3.8) is 0 Å². The Morgan fingerprint density at radius 2 is 1.15 bits per heavy atom. The van der Waals surface area contributed by atoms with Gasteiger partial charge >= 0.3 is 29.8 Å². The first-order valence-electron chi connectivity index (χ1n) is 14.0. The molecule has 0 aliphatic carbocycles. The van der Waals surface area contributed by atoms with Crippen LogP contribution < -0.4 is 23.7 Å². The Morgan fingerprint density at radius 3 is 1.85 bits per heavy atom.